The Hall–Kier alpha value is -0.780. The third-order valence-corrected chi connectivity index (χ3v) is 6.06. The van der Waals surface area contributed by atoms with Gasteiger partial charge >= 0.3 is 0 Å². The number of rotatable bonds is 4. The topological polar surface area (TPSA) is 63.4 Å². The molecule has 2 rings (SSSR count). The number of anilines is 1. The number of nitrogens with zero attached hydrogens (tertiary/aromatic N) is 1. The zero-order valence-electron chi connectivity index (χ0n) is 11.4. The van der Waals surface area contributed by atoms with Gasteiger partial charge in [0, 0.05) is 19.3 Å². The molecule has 0 aromatic heterocycles. The summed E-state index contributed by atoms with van der Waals surface area (Å²) in [5.74, 6) is 1.07. The van der Waals surface area contributed by atoms with Crippen LogP contribution in [0.3, 0.4) is 0 Å². The van der Waals surface area contributed by atoms with Crippen LogP contribution < -0.4 is 5.73 Å². The molecule has 4 nitrogen and oxygen atoms in total. The second-order valence-corrected chi connectivity index (χ2v) is 7.82. The fraction of sp³-hybridized carbons (Fsp3) is 0.538. The van der Waals surface area contributed by atoms with Gasteiger partial charge in [0.15, 0.2) is 0 Å². The number of hydrogen-bond donors (Lipinski definition) is 1. The van der Waals surface area contributed by atoms with Gasteiger partial charge in [0.2, 0.25) is 10.0 Å². The lowest BCUT2D eigenvalue weighted by molar-refractivity contribution is 0.445. The third-order valence-electron chi connectivity index (χ3n) is 3.78. The molecule has 106 valence electrons. The van der Waals surface area contributed by atoms with Crippen LogP contribution in [0.4, 0.5) is 5.69 Å². The molecule has 2 atom stereocenters. The van der Waals surface area contributed by atoms with Crippen molar-refractivity contribution < 1.29 is 8.42 Å². The largest absolute Gasteiger partial charge is 0.398 e. The highest BCUT2D eigenvalue weighted by Gasteiger charge is 2.36. The molecule has 1 aromatic carbocycles. The fourth-order valence-electron chi connectivity index (χ4n) is 2.12. The Labute approximate surface area is 119 Å². The van der Waals surface area contributed by atoms with Crippen LogP contribution in [0.25, 0.3) is 0 Å². The lowest BCUT2D eigenvalue weighted by atomic mass is 10.2. The number of aryl methyl sites for hydroxylation is 1. The van der Waals surface area contributed by atoms with Crippen LogP contribution in [-0.4, -0.2) is 26.3 Å². The summed E-state index contributed by atoms with van der Waals surface area (Å²) < 4.78 is 26.3. The smallest absolute Gasteiger partial charge is 0.244 e. The first-order valence-corrected chi connectivity index (χ1v) is 8.07. The highest BCUT2D eigenvalue weighted by molar-refractivity contribution is 7.89. The van der Waals surface area contributed by atoms with Crippen molar-refractivity contribution in [3.05, 3.63) is 22.7 Å². The van der Waals surface area contributed by atoms with Crippen molar-refractivity contribution in [1.82, 2.24) is 4.31 Å². The average Bonchev–Trinajstić information content (AvgIpc) is 2.99. The summed E-state index contributed by atoms with van der Waals surface area (Å²) in [5.41, 5.74) is 7.00. The van der Waals surface area contributed by atoms with Crippen LogP contribution in [0.2, 0.25) is 5.02 Å². The van der Waals surface area contributed by atoms with Gasteiger partial charge in [0.25, 0.3) is 0 Å². The molecule has 1 aliphatic rings. The maximum Gasteiger partial charge on any atom is 0.244 e. The molecule has 2 unspecified atom stereocenters. The minimum Gasteiger partial charge on any atom is -0.398 e. The molecule has 1 aromatic rings. The molecule has 0 spiro atoms. The Morgan fingerprint density at radius 3 is 2.58 bits per heavy atom. The molecule has 1 fully saturated rings. The van der Waals surface area contributed by atoms with Crippen molar-refractivity contribution in [3.8, 4) is 0 Å². The van der Waals surface area contributed by atoms with Gasteiger partial charge in [-0.25, -0.2) is 12.7 Å². The predicted molar refractivity (Wildman–Crippen MR) is 77.7 cm³/mol. The Kier molecular flexibility index (Phi) is 3.82. The maximum atomic E-state index is 12.5. The Morgan fingerprint density at radius 1 is 1.47 bits per heavy atom. The summed E-state index contributed by atoms with van der Waals surface area (Å²) in [6.07, 6.45) is 1.09. The van der Waals surface area contributed by atoms with Crippen LogP contribution in [0.1, 0.15) is 18.9 Å². The SMILES string of the molecule is Cc1cc(Cl)c(S(=O)(=O)N(C)CC2CC2C)cc1N. The molecule has 1 aliphatic carbocycles. The van der Waals surface area contributed by atoms with Gasteiger partial charge in [-0.3, -0.25) is 0 Å². The Morgan fingerprint density at radius 2 is 2.05 bits per heavy atom. The van der Waals surface area contributed by atoms with E-state index in [0.29, 0.717) is 24.1 Å². The predicted octanol–water partition coefficient (Wildman–Crippen LogP) is 2.51. The van der Waals surface area contributed by atoms with E-state index in [1.165, 1.54) is 10.4 Å². The zero-order valence-corrected chi connectivity index (χ0v) is 12.9. The first-order valence-electron chi connectivity index (χ1n) is 6.25. The molecule has 0 saturated heterocycles. The van der Waals surface area contributed by atoms with Crippen LogP contribution in [-0.2, 0) is 10.0 Å². The molecule has 6 heteroatoms. The molecule has 2 N–H and O–H groups in total. The van der Waals surface area contributed by atoms with Crippen LogP contribution in [0.5, 0.6) is 0 Å². The standard InChI is InChI=1S/C13H19ClN2O2S/c1-8-4-10(8)7-16(3)19(17,18)13-6-12(15)9(2)5-11(13)14/h5-6,8,10H,4,7,15H2,1-3H3. The molecule has 0 amide bonds. The van der Waals surface area contributed by atoms with Crippen molar-refractivity contribution in [1.29, 1.82) is 0 Å². The molecular formula is C13H19ClN2O2S. The molecule has 0 heterocycles. The summed E-state index contributed by atoms with van der Waals surface area (Å²) in [5, 5.41) is 0.224. The van der Waals surface area contributed by atoms with Crippen molar-refractivity contribution >= 4 is 27.3 Å². The summed E-state index contributed by atoms with van der Waals surface area (Å²) in [6, 6.07) is 3.04. The molecule has 0 radical (unpaired) electrons. The second kappa shape index (κ2) is 4.96. The molecule has 19 heavy (non-hydrogen) atoms. The van der Waals surface area contributed by atoms with E-state index >= 15 is 0 Å². The second-order valence-electron chi connectivity index (χ2n) is 5.40. The van der Waals surface area contributed by atoms with E-state index in [9.17, 15) is 8.42 Å². The minimum atomic E-state index is -3.57. The van der Waals surface area contributed by atoms with Gasteiger partial charge in [0.05, 0.1) is 5.02 Å². The van der Waals surface area contributed by atoms with E-state index in [-0.39, 0.29) is 9.92 Å². The number of halogens is 1. The van der Waals surface area contributed by atoms with E-state index in [1.54, 1.807) is 20.0 Å². The highest BCUT2D eigenvalue weighted by atomic mass is 35.5. The highest BCUT2D eigenvalue weighted by Crippen LogP contribution is 2.39. The Balaban J connectivity index is 2.31. The van der Waals surface area contributed by atoms with Gasteiger partial charge < -0.3 is 5.73 Å². The normalized spacial score (nSPS) is 22.8. The lowest BCUT2D eigenvalue weighted by Crippen LogP contribution is -2.29. The molecular weight excluding hydrogens is 284 g/mol. The number of hydrogen-bond acceptors (Lipinski definition) is 3. The molecule has 1 saturated carbocycles. The van der Waals surface area contributed by atoms with E-state index in [4.69, 9.17) is 17.3 Å². The first-order chi connectivity index (χ1) is 8.73. The van der Waals surface area contributed by atoms with Gasteiger partial charge in [-0.15, -0.1) is 0 Å². The monoisotopic (exact) mass is 302 g/mol. The maximum absolute atomic E-state index is 12.5. The fourth-order valence-corrected chi connectivity index (χ4v) is 3.93. The van der Waals surface area contributed by atoms with E-state index in [0.717, 1.165) is 12.0 Å². The van der Waals surface area contributed by atoms with Crippen LogP contribution in [0, 0.1) is 18.8 Å². The molecule has 0 bridgehead atoms. The first kappa shape index (κ1) is 14.6. The summed E-state index contributed by atoms with van der Waals surface area (Å²) in [6.45, 7) is 4.46. The van der Waals surface area contributed by atoms with Gasteiger partial charge in [-0.05, 0) is 42.9 Å². The summed E-state index contributed by atoms with van der Waals surface area (Å²) >= 11 is 6.05. The van der Waals surface area contributed by atoms with Gasteiger partial charge in [0.1, 0.15) is 4.90 Å². The molecule has 0 aliphatic heterocycles. The number of nitrogens with two attached hydrogens (primary N) is 1. The summed E-state index contributed by atoms with van der Waals surface area (Å²) in [4.78, 5) is 0.0908. The number of sulfonamides is 1. The van der Waals surface area contributed by atoms with Crippen molar-refractivity contribution in [3.63, 3.8) is 0 Å². The van der Waals surface area contributed by atoms with Crippen molar-refractivity contribution in [2.45, 2.75) is 25.2 Å². The summed E-state index contributed by atoms with van der Waals surface area (Å²) in [7, 11) is -1.98. The third kappa shape index (κ3) is 2.88. The quantitative estimate of drug-likeness (QED) is 0.869. The number of benzene rings is 1. The zero-order chi connectivity index (χ0) is 14.4. The van der Waals surface area contributed by atoms with Gasteiger partial charge in [-0.2, -0.15) is 0 Å². The van der Waals surface area contributed by atoms with Crippen LogP contribution >= 0.6 is 11.6 Å². The minimum absolute atomic E-state index is 0.0908. The number of nitrogen functional groups attached to an aromatic ring is 1. The van der Waals surface area contributed by atoms with Crippen LogP contribution in [0.15, 0.2) is 17.0 Å². The van der Waals surface area contributed by atoms with E-state index in [2.05, 4.69) is 6.92 Å². The average molecular weight is 303 g/mol. The van der Waals surface area contributed by atoms with Gasteiger partial charge in [-0.1, -0.05) is 18.5 Å². The van der Waals surface area contributed by atoms with E-state index < -0.39 is 10.0 Å². The Bertz CT molecular complexity index is 601. The van der Waals surface area contributed by atoms with Crippen molar-refractivity contribution in [2.24, 2.45) is 11.8 Å². The van der Waals surface area contributed by atoms with Crippen molar-refractivity contribution in [2.75, 3.05) is 19.3 Å². The van der Waals surface area contributed by atoms with E-state index in [1.807, 2.05) is 0 Å². The lowest BCUT2D eigenvalue weighted by Gasteiger charge is -2.18.